The fourth-order valence-electron chi connectivity index (χ4n) is 3.13. The van der Waals surface area contributed by atoms with E-state index in [2.05, 4.69) is 6.92 Å². The monoisotopic (exact) mass is 347 g/mol. The van der Waals surface area contributed by atoms with Crippen LogP contribution in [0.25, 0.3) is 0 Å². The van der Waals surface area contributed by atoms with E-state index in [0.29, 0.717) is 6.42 Å². The Morgan fingerprint density at radius 1 is 0.960 bits per heavy atom. The Kier molecular flexibility index (Phi) is 11.2. The number of nitrogens with zero attached hydrogens (tertiary/aromatic N) is 1. The van der Waals surface area contributed by atoms with Gasteiger partial charge in [0.1, 0.15) is 0 Å². The van der Waals surface area contributed by atoms with E-state index in [1.54, 1.807) is 11.9 Å². The van der Waals surface area contributed by atoms with E-state index in [9.17, 15) is 9.90 Å². The van der Waals surface area contributed by atoms with E-state index in [0.717, 1.165) is 18.4 Å². The molecule has 1 aromatic carbocycles. The zero-order valence-corrected chi connectivity index (χ0v) is 16.4. The molecule has 2 unspecified atom stereocenters. The first-order valence-electron chi connectivity index (χ1n) is 10.1. The van der Waals surface area contributed by atoms with Crippen molar-refractivity contribution in [2.24, 2.45) is 0 Å². The first kappa shape index (κ1) is 21.7. The van der Waals surface area contributed by atoms with Crippen LogP contribution in [0.2, 0.25) is 0 Å². The molecule has 0 bridgehead atoms. The molecule has 3 heteroatoms. The third-order valence-electron chi connectivity index (χ3n) is 5.10. The zero-order chi connectivity index (χ0) is 18.5. The molecule has 0 aromatic heterocycles. The van der Waals surface area contributed by atoms with Crippen LogP contribution in [0, 0.1) is 0 Å². The molecule has 1 aromatic rings. The summed E-state index contributed by atoms with van der Waals surface area (Å²) in [5.74, 6) is 0.130. The lowest BCUT2D eigenvalue weighted by Crippen LogP contribution is -2.38. The molecule has 0 aliphatic carbocycles. The van der Waals surface area contributed by atoms with Crippen LogP contribution in [-0.2, 0) is 4.79 Å². The highest BCUT2D eigenvalue weighted by atomic mass is 16.3. The lowest BCUT2D eigenvalue weighted by Gasteiger charge is -2.29. The Morgan fingerprint density at radius 2 is 1.48 bits per heavy atom. The molecule has 0 saturated carbocycles. The topological polar surface area (TPSA) is 40.5 Å². The second kappa shape index (κ2) is 12.9. The number of hydrogen-bond donors (Lipinski definition) is 1. The minimum absolute atomic E-state index is 0.130. The molecular weight excluding hydrogens is 310 g/mol. The molecule has 0 spiro atoms. The molecule has 0 aliphatic heterocycles. The standard InChI is InChI=1S/C22H37NO2/c1-4-5-6-7-8-9-10-11-15-18-21(24)23(3)19(2)22(25)20-16-13-12-14-17-20/h12-14,16-17,19,22,25H,4-11,15,18H2,1-3H3. The van der Waals surface area contributed by atoms with E-state index in [1.807, 2.05) is 37.3 Å². The molecule has 0 heterocycles. The molecule has 1 N–H and O–H groups in total. The van der Waals surface area contributed by atoms with E-state index >= 15 is 0 Å². The van der Waals surface area contributed by atoms with E-state index in [4.69, 9.17) is 0 Å². The van der Waals surface area contributed by atoms with Gasteiger partial charge in [-0.15, -0.1) is 0 Å². The SMILES string of the molecule is CCCCCCCCCCCC(=O)N(C)C(C)C(O)c1ccccc1. The average molecular weight is 348 g/mol. The van der Waals surface area contributed by atoms with Crippen molar-refractivity contribution < 1.29 is 9.90 Å². The van der Waals surface area contributed by atoms with E-state index in [-0.39, 0.29) is 11.9 Å². The van der Waals surface area contributed by atoms with Crippen LogP contribution < -0.4 is 0 Å². The van der Waals surface area contributed by atoms with Gasteiger partial charge in [-0.05, 0) is 18.9 Å². The van der Waals surface area contributed by atoms with Crippen molar-refractivity contribution in [3.63, 3.8) is 0 Å². The van der Waals surface area contributed by atoms with E-state index in [1.165, 1.54) is 44.9 Å². The summed E-state index contributed by atoms with van der Waals surface area (Å²) in [4.78, 5) is 14.0. The summed E-state index contributed by atoms with van der Waals surface area (Å²) in [7, 11) is 1.80. The molecular formula is C22H37NO2. The Morgan fingerprint density at radius 3 is 2.04 bits per heavy atom. The van der Waals surface area contributed by atoms with Crippen LogP contribution in [0.4, 0.5) is 0 Å². The predicted molar refractivity (Wildman–Crippen MR) is 105 cm³/mol. The second-order valence-electron chi connectivity index (χ2n) is 7.18. The van der Waals surface area contributed by atoms with Gasteiger partial charge in [0.2, 0.25) is 5.91 Å². The summed E-state index contributed by atoms with van der Waals surface area (Å²) < 4.78 is 0. The van der Waals surface area contributed by atoms with Crippen molar-refractivity contribution in [1.82, 2.24) is 4.90 Å². The Hall–Kier alpha value is -1.35. The summed E-state index contributed by atoms with van der Waals surface area (Å²) in [5, 5.41) is 10.4. The lowest BCUT2D eigenvalue weighted by molar-refractivity contribution is -0.134. The molecule has 3 nitrogen and oxygen atoms in total. The average Bonchev–Trinajstić information content (AvgIpc) is 2.65. The van der Waals surface area contributed by atoms with Crippen LogP contribution >= 0.6 is 0 Å². The Labute approximate surface area is 154 Å². The van der Waals surface area contributed by atoms with Gasteiger partial charge in [0.15, 0.2) is 0 Å². The van der Waals surface area contributed by atoms with Gasteiger partial charge in [-0.2, -0.15) is 0 Å². The highest BCUT2D eigenvalue weighted by molar-refractivity contribution is 5.76. The first-order valence-corrected chi connectivity index (χ1v) is 10.1. The predicted octanol–water partition coefficient (Wildman–Crippen LogP) is 5.49. The molecule has 1 rings (SSSR count). The maximum atomic E-state index is 12.3. The number of benzene rings is 1. The normalized spacial score (nSPS) is 13.4. The van der Waals surface area contributed by atoms with Crippen molar-refractivity contribution in [2.45, 2.75) is 90.2 Å². The van der Waals surface area contributed by atoms with Crippen LogP contribution in [0.15, 0.2) is 30.3 Å². The Bertz CT molecular complexity index is 460. The summed E-state index contributed by atoms with van der Waals surface area (Å²) >= 11 is 0. The number of unbranched alkanes of at least 4 members (excludes halogenated alkanes) is 8. The minimum Gasteiger partial charge on any atom is -0.386 e. The lowest BCUT2D eigenvalue weighted by atomic mass is 10.0. The number of carbonyl (C=O) groups excluding carboxylic acids is 1. The zero-order valence-electron chi connectivity index (χ0n) is 16.4. The van der Waals surface area contributed by atoms with Crippen molar-refractivity contribution in [3.8, 4) is 0 Å². The number of aliphatic hydroxyl groups is 1. The number of hydrogen-bond acceptors (Lipinski definition) is 2. The van der Waals surface area contributed by atoms with Gasteiger partial charge in [0.05, 0.1) is 12.1 Å². The third-order valence-corrected chi connectivity index (χ3v) is 5.10. The van der Waals surface area contributed by atoms with Crippen molar-refractivity contribution in [1.29, 1.82) is 0 Å². The number of aliphatic hydroxyl groups excluding tert-OH is 1. The summed E-state index contributed by atoms with van der Waals surface area (Å²) in [6.07, 6.45) is 11.2. The highest BCUT2D eigenvalue weighted by Gasteiger charge is 2.23. The molecule has 25 heavy (non-hydrogen) atoms. The Balaban J connectivity index is 2.19. The second-order valence-corrected chi connectivity index (χ2v) is 7.18. The molecule has 0 aliphatic rings. The summed E-state index contributed by atoms with van der Waals surface area (Å²) in [6, 6.07) is 9.35. The number of amides is 1. The van der Waals surface area contributed by atoms with Crippen molar-refractivity contribution >= 4 is 5.91 Å². The van der Waals surface area contributed by atoms with Gasteiger partial charge in [0.25, 0.3) is 0 Å². The maximum absolute atomic E-state index is 12.3. The molecule has 142 valence electrons. The molecule has 0 radical (unpaired) electrons. The molecule has 0 fully saturated rings. The van der Waals surface area contributed by atoms with Gasteiger partial charge in [-0.3, -0.25) is 4.79 Å². The van der Waals surface area contributed by atoms with E-state index < -0.39 is 6.10 Å². The van der Waals surface area contributed by atoms with Gasteiger partial charge < -0.3 is 10.0 Å². The fourth-order valence-corrected chi connectivity index (χ4v) is 3.13. The fraction of sp³-hybridized carbons (Fsp3) is 0.682. The number of carbonyl (C=O) groups is 1. The number of likely N-dealkylation sites (N-methyl/N-ethyl adjacent to an activating group) is 1. The van der Waals surface area contributed by atoms with Crippen LogP contribution in [0.5, 0.6) is 0 Å². The van der Waals surface area contributed by atoms with Crippen LogP contribution in [0.3, 0.4) is 0 Å². The van der Waals surface area contributed by atoms with Gasteiger partial charge in [-0.25, -0.2) is 0 Å². The van der Waals surface area contributed by atoms with Crippen molar-refractivity contribution in [2.75, 3.05) is 7.05 Å². The highest BCUT2D eigenvalue weighted by Crippen LogP contribution is 2.20. The van der Waals surface area contributed by atoms with Gasteiger partial charge in [0, 0.05) is 13.5 Å². The third kappa shape index (κ3) is 8.53. The summed E-state index contributed by atoms with van der Waals surface area (Å²) in [6.45, 7) is 4.15. The van der Waals surface area contributed by atoms with Crippen molar-refractivity contribution in [3.05, 3.63) is 35.9 Å². The summed E-state index contributed by atoms with van der Waals surface area (Å²) in [5.41, 5.74) is 0.859. The van der Waals surface area contributed by atoms with Crippen LogP contribution in [0.1, 0.15) is 89.7 Å². The maximum Gasteiger partial charge on any atom is 0.222 e. The number of rotatable bonds is 13. The smallest absolute Gasteiger partial charge is 0.222 e. The quantitative estimate of drug-likeness (QED) is 0.479. The van der Waals surface area contributed by atoms with Crippen LogP contribution in [-0.4, -0.2) is 29.0 Å². The molecule has 1 amide bonds. The van der Waals surface area contributed by atoms with Gasteiger partial charge in [-0.1, -0.05) is 88.6 Å². The molecule has 0 saturated heterocycles. The minimum atomic E-state index is -0.640. The van der Waals surface area contributed by atoms with Gasteiger partial charge >= 0.3 is 0 Å². The largest absolute Gasteiger partial charge is 0.386 e. The first-order chi connectivity index (χ1) is 12.1. The molecule has 2 atom stereocenters.